The van der Waals surface area contributed by atoms with Gasteiger partial charge in [-0.15, -0.1) is 0 Å². The Labute approximate surface area is 69.4 Å². The zero-order chi connectivity index (χ0) is 7.98. The SMILES string of the molecule is C=C(CBr)COC(=O)CC. The predicted octanol–water partition coefficient (Wildman–Crippen LogP) is 1.89. The predicted molar refractivity (Wildman–Crippen MR) is 44.2 cm³/mol. The quantitative estimate of drug-likeness (QED) is 0.399. The topological polar surface area (TPSA) is 26.3 Å². The van der Waals surface area contributed by atoms with Gasteiger partial charge in [-0.05, 0) is 5.57 Å². The Morgan fingerprint density at radius 1 is 1.70 bits per heavy atom. The Bertz CT molecular complexity index is 116. The van der Waals surface area contributed by atoms with E-state index in [1.54, 1.807) is 6.92 Å². The van der Waals surface area contributed by atoms with Gasteiger partial charge in [0.2, 0.25) is 0 Å². The first kappa shape index (κ1) is 9.69. The second kappa shape index (κ2) is 5.47. The molecule has 0 aliphatic rings. The van der Waals surface area contributed by atoms with Crippen LogP contribution in [0, 0.1) is 0 Å². The van der Waals surface area contributed by atoms with Gasteiger partial charge in [-0.2, -0.15) is 0 Å². The van der Waals surface area contributed by atoms with Crippen LogP contribution >= 0.6 is 15.9 Å². The largest absolute Gasteiger partial charge is 0.461 e. The molecule has 0 N–H and O–H groups in total. The van der Waals surface area contributed by atoms with E-state index < -0.39 is 0 Å². The summed E-state index contributed by atoms with van der Waals surface area (Å²) < 4.78 is 4.78. The highest BCUT2D eigenvalue weighted by molar-refractivity contribution is 9.09. The molecular weight excluding hydrogens is 196 g/mol. The molecule has 0 spiro atoms. The van der Waals surface area contributed by atoms with Crippen LogP contribution in [0.1, 0.15) is 13.3 Å². The lowest BCUT2D eigenvalue weighted by Crippen LogP contribution is -2.05. The molecule has 0 saturated carbocycles. The van der Waals surface area contributed by atoms with Gasteiger partial charge in [0.05, 0.1) is 0 Å². The maximum atomic E-state index is 10.6. The lowest BCUT2D eigenvalue weighted by molar-refractivity contribution is -0.142. The smallest absolute Gasteiger partial charge is 0.305 e. The molecule has 2 nitrogen and oxygen atoms in total. The Morgan fingerprint density at radius 2 is 2.30 bits per heavy atom. The summed E-state index contributed by atoms with van der Waals surface area (Å²) in [5.74, 6) is -0.179. The number of carbonyl (C=O) groups excluding carboxylic acids is 1. The normalized spacial score (nSPS) is 9.00. The zero-order valence-electron chi connectivity index (χ0n) is 6.02. The fourth-order valence-corrected chi connectivity index (χ4v) is 0.485. The first-order chi connectivity index (χ1) is 4.70. The summed E-state index contributed by atoms with van der Waals surface area (Å²) in [6, 6.07) is 0. The van der Waals surface area contributed by atoms with Crippen molar-refractivity contribution in [2.24, 2.45) is 0 Å². The van der Waals surface area contributed by atoms with Crippen LogP contribution in [-0.4, -0.2) is 17.9 Å². The molecule has 0 aromatic rings. The van der Waals surface area contributed by atoms with E-state index in [2.05, 4.69) is 22.5 Å². The van der Waals surface area contributed by atoms with Gasteiger partial charge in [0, 0.05) is 11.8 Å². The highest BCUT2D eigenvalue weighted by atomic mass is 79.9. The average molecular weight is 207 g/mol. The molecule has 0 saturated heterocycles. The van der Waals surface area contributed by atoms with Crippen LogP contribution in [0.25, 0.3) is 0 Å². The van der Waals surface area contributed by atoms with Crippen LogP contribution in [0.5, 0.6) is 0 Å². The van der Waals surface area contributed by atoms with Gasteiger partial charge in [0.15, 0.2) is 0 Å². The number of esters is 1. The maximum absolute atomic E-state index is 10.6. The van der Waals surface area contributed by atoms with Crippen molar-refractivity contribution in [3.63, 3.8) is 0 Å². The van der Waals surface area contributed by atoms with E-state index in [-0.39, 0.29) is 5.97 Å². The Kier molecular flexibility index (Phi) is 5.30. The molecule has 0 bridgehead atoms. The first-order valence-corrected chi connectivity index (χ1v) is 4.21. The minimum absolute atomic E-state index is 0.179. The minimum Gasteiger partial charge on any atom is -0.461 e. The van der Waals surface area contributed by atoms with E-state index in [4.69, 9.17) is 4.74 Å². The van der Waals surface area contributed by atoms with Crippen molar-refractivity contribution >= 4 is 21.9 Å². The third-order valence-corrected chi connectivity index (χ3v) is 1.71. The summed E-state index contributed by atoms with van der Waals surface area (Å²) in [6.07, 6.45) is 0.426. The minimum atomic E-state index is -0.179. The molecule has 0 aliphatic carbocycles. The van der Waals surface area contributed by atoms with Crippen LogP contribution in [0.4, 0.5) is 0 Å². The maximum Gasteiger partial charge on any atom is 0.305 e. The molecule has 0 aliphatic heterocycles. The number of rotatable bonds is 4. The van der Waals surface area contributed by atoms with Crippen molar-refractivity contribution in [3.8, 4) is 0 Å². The summed E-state index contributed by atoms with van der Waals surface area (Å²) in [5, 5.41) is 0.685. The number of carbonyl (C=O) groups is 1. The summed E-state index contributed by atoms with van der Waals surface area (Å²) >= 11 is 3.20. The highest BCUT2D eigenvalue weighted by Crippen LogP contribution is 1.97. The number of ether oxygens (including phenoxy) is 1. The van der Waals surface area contributed by atoms with Crippen molar-refractivity contribution in [3.05, 3.63) is 12.2 Å². The summed E-state index contributed by atoms with van der Waals surface area (Å²) in [6.45, 7) is 5.75. The van der Waals surface area contributed by atoms with Gasteiger partial charge in [0.1, 0.15) is 6.61 Å². The first-order valence-electron chi connectivity index (χ1n) is 3.09. The monoisotopic (exact) mass is 206 g/mol. The molecule has 0 heterocycles. The third kappa shape index (κ3) is 4.56. The molecule has 0 aromatic heterocycles. The van der Waals surface area contributed by atoms with E-state index in [9.17, 15) is 4.79 Å². The molecule has 0 fully saturated rings. The molecular formula is C7H11BrO2. The highest BCUT2D eigenvalue weighted by Gasteiger charge is 1.98. The van der Waals surface area contributed by atoms with Crippen molar-refractivity contribution in [2.75, 3.05) is 11.9 Å². The van der Waals surface area contributed by atoms with E-state index in [1.807, 2.05) is 0 Å². The Morgan fingerprint density at radius 3 is 2.70 bits per heavy atom. The fraction of sp³-hybridized carbons (Fsp3) is 0.571. The molecule has 10 heavy (non-hydrogen) atoms. The van der Waals surface area contributed by atoms with Crippen LogP contribution in [0.3, 0.4) is 0 Å². The molecule has 0 unspecified atom stereocenters. The number of hydrogen-bond donors (Lipinski definition) is 0. The van der Waals surface area contributed by atoms with Gasteiger partial charge in [-0.3, -0.25) is 4.79 Å². The van der Waals surface area contributed by atoms with Crippen LogP contribution < -0.4 is 0 Å². The molecule has 0 amide bonds. The third-order valence-electron chi connectivity index (χ3n) is 0.915. The zero-order valence-corrected chi connectivity index (χ0v) is 7.61. The van der Waals surface area contributed by atoms with Gasteiger partial charge in [0.25, 0.3) is 0 Å². The van der Waals surface area contributed by atoms with Crippen LogP contribution in [0.15, 0.2) is 12.2 Å². The van der Waals surface area contributed by atoms with Crippen molar-refractivity contribution in [1.29, 1.82) is 0 Å². The van der Waals surface area contributed by atoms with Gasteiger partial charge >= 0.3 is 5.97 Å². The molecule has 0 rings (SSSR count). The molecule has 58 valence electrons. The van der Waals surface area contributed by atoms with Crippen LogP contribution in [0.2, 0.25) is 0 Å². The van der Waals surface area contributed by atoms with E-state index >= 15 is 0 Å². The standard InChI is InChI=1S/C7H11BrO2/c1-3-7(9)10-5-6(2)4-8/h2-5H2,1H3. The van der Waals surface area contributed by atoms with Gasteiger partial charge in [-0.25, -0.2) is 0 Å². The van der Waals surface area contributed by atoms with Gasteiger partial charge in [-0.1, -0.05) is 29.4 Å². The second-order valence-electron chi connectivity index (χ2n) is 1.90. The molecule has 0 aromatic carbocycles. The second-order valence-corrected chi connectivity index (χ2v) is 2.46. The van der Waals surface area contributed by atoms with E-state index in [1.165, 1.54) is 0 Å². The average Bonchev–Trinajstić information content (AvgIpc) is 1.99. The number of alkyl halides is 1. The lowest BCUT2D eigenvalue weighted by atomic mass is 10.4. The summed E-state index contributed by atoms with van der Waals surface area (Å²) in [5.41, 5.74) is 0.877. The van der Waals surface area contributed by atoms with Crippen molar-refractivity contribution in [2.45, 2.75) is 13.3 Å². The molecule has 0 radical (unpaired) electrons. The Balaban J connectivity index is 3.35. The molecule has 0 atom stereocenters. The van der Waals surface area contributed by atoms with E-state index in [0.29, 0.717) is 18.4 Å². The van der Waals surface area contributed by atoms with Crippen molar-refractivity contribution in [1.82, 2.24) is 0 Å². The summed E-state index contributed by atoms with van der Waals surface area (Å²) in [4.78, 5) is 10.6. The number of halogens is 1. The van der Waals surface area contributed by atoms with Crippen molar-refractivity contribution < 1.29 is 9.53 Å². The molecule has 3 heteroatoms. The Hall–Kier alpha value is -0.310. The number of hydrogen-bond acceptors (Lipinski definition) is 2. The van der Waals surface area contributed by atoms with E-state index in [0.717, 1.165) is 5.57 Å². The van der Waals surface area contributed by atoms with Crippen LogP contribution in [-0.2, 0) is 9.53 Å². The fourth-order valence-electron chi connectivity index (χ4n) is 0.323. The lowest BCUT2D eigenvalue weighted by Gasteiger charge is -2.02. The summed E-state index contributed by atoms with van der Waals surface area (Å²) in [7, 11) is 0. The van der Waals surface area contributed by atoms with Gasteiger partial charge < -0.3 is 4.74 Å².